The first-order chi connectivity index (χ1) is 14.3. The molecule has 4 rings (SSSR count). The monoisotopic (exact) mass is 432 g/mol. The molecule has 8 atom stereocenters. The van der Waals surface area contributed by atoms with Crippen molar-refractivity contribution in [2.75, 3.05) is 0 Å². The van der Waals surface area contributed by atoms with Gasteiger partial charge in [-0.15, -0.1) is 0 Å². The van der Waals surface area contributed by atoms with E-state index in [9.17, 15) is 14.7 Å². The van der Waals surface area contributed by atoms with Gasteiger partial charge in [0, 0.05) is 24.2 Å². The molecule has 0 aromatic rings. The molecule has 0 radical (unpaired) electrons. The molecule has 0 heterocycles. The van der Waals surface area contributed by atoms with E-state index in [1.54, 1.807) is 0 Å². The lowest BCUT2D eigenvalue weighted by Crippen LogP contribution is -2.55. The molecule has 6 nitrogen and oxygen atoms in total. The highest BCUT2D eigenvalue weighted by molar-refractivity contribution is 5.89. The van der Waals surface area contributed by atoms with Crippen LogP contribution in [-0.4, -0.2) is 40.8 Å². The zero-order chi connectivity index (χ0) is 22.8. The average Bonchev–Trinajstić information content (AvgIpc) is 2.90. The lowest BCUT2D eigenvalue weighted by molar-refractivity contribution is -0.357. The summed E-state index contributed by atoms with van der Waals surface area (Å²) in [6, 6.07) is 0. The van der Waals surface area contributed by atoms with Gasteiger partial charge in [-0.2, -0.15) is 0 Å². The summed E-state index contributed by atoms with van der Waals surface area (Å²) >= 11 is 0. The summed E-state index contributed by atoms with van der Waals surface area (Å²) < 4.78 is 5.49. The second-order valence-electron chi connectivity index (χ2n) is 11.4. The molecule has 3 saturated carbocycles. The Morgan fingerprint density at radius 2 is 1.90 bits per heavy atom. The fourth-order valence-corrected chi connectivity index (χ4v) is 6.66. The number of carbonyl (C=O) groups is 2. The second kappa shape index (κ2) is 7.53. The van der Waals surface area contributed by atoms with Crippen molar-refractivity contribution in [1.82, 2.24) is 0 Å². The quantitative estimate of drug-likeness (QED) is 0.315. The SMILES string of the molecule is CC(=O)OC1C(=O)CC2C3C(CC[C@]12C)[C@@]1(C)C=C[C@H](OOC(C)(C)C)C=C1C[C@@H]3O. The van der Waals surface area contributed by atoms with E-state index in [0.717, 1.165) is 12.8 Å². The second-order valence-corrected chi connectivity index (χ2v) is 11.4. The number of hydrogen-bond donors (Lipinski definition) is 1. The van der Waals surface area contributed by atoms with Crippen molar-refractivity contribution in [3.8, 4) is 0 Å². The smallest absolute Gasteiger partial charge is 0.303 e. The summed E-state index contributed by atoms with van der Waals surface area (Å²) in [5.74, 6) is -0.178. The minimum atomic E-state index is -0.692. The van der Waals surface area contributed by atoms with Gasteiger partial charge in [0.05, 0.1) is 11.7 Å². The summed E-state index contributed by atoms with van der Waals surface area (Å²) in [4.78, 5) is 35.6. The highest BCUT2D eigenvalue weighted by atomic mass is 17.2. The molecule has 4 aliphatic carbocycles. The molecule has 1 N–H and O–H groups in total. The van der Waals surface area contributed by atoms with Gasteiger partial charge in [-0.3, -0.25) is 9.59 Å². The van der Waals surface area contributed by atoms with Crippen molar-refractivity contribution < 1.29 is 29.2 Å². The average molecular weight is 433 g/mol. The van der Waals surface area contributed by atoms with Crippen molar-refractivity contribution in [1.29, 1.82) is 0 Å². The third kappa shape index (κ3) is 3.81. The number of esters is 1. The minimum Gasteiger partial charge on any atom is -0.454 e. The van der Waals surface area contributed by atoms with Gasteiger partial charge in [-0.1, -0.05) is 31.6 Å². The van der Waals surface area contributed by atoms with Crippen LogP contribution in [0.15, 0.2) is 23.8 Å². The Hall–Kier alpha value is -1.50. The van der Waals surface area contributed by atoms with Crippen molar-refractivity contribution in [3.63, 3.8) is 0 Å². The predicted molar refractivity (Wildman–Crippen MR) is 115 cm³/mol. The molecule has 31 heavy (non-hydrogen) atoms. The molecular weight excluding hydrogens is 396 g/mol. The number of fused-ring (bicyclic) bond motifs is 5. The molecule has 6 heteroatoms. The lowest BCUT2D eigenvalue weighted by atomic mass is 9.47. The first-order valence-electron chi connectivity index (χ1n) is 11.5. The molecule has 0 amide bonds. The van der Waals surface area contributed by atoms with Crippen LogP contribution in [0, 0.1) is 28.6 Å². The number of hydrogen-bond acceptors (Lipinski definition) is 6. The van der Waals surface area contributed by atoms with Crippen LogP contribution >= 0.6 is 0 Å². The minimum absolute atomic E-state index is 0.00153. The van der Waals surface area contributed by atoms with E-state index in [1.807, 2.05) is 26.8 Å². The van der Waals surface area contributed by atoms with Crippen molar-refractivity contribution >= 4 is 11.8 Å². The van der Waals surface area contributed by atoms with Crippen LogP contribution in [0.3, 0.4) is 0 Å². The molecule has 0 aromatic carbocycles. The van der Waals surface area contributed by atoms with E-state index in [2.05, 4.69) is 26.0 Å². The van der Waals surface area contributed by atoms with Gasteiger partial charge in [0.2, 0.25) is 0 Å². The van der Waals surface area contributed by atoms with Gasteiger partial charge in [-0.25, -0.2) is 9.78 Å². The van der Waals surface area contributed by atoms with E-state index < -0.39 is 29.2 Å². The maximum absolute atomic E-state index is 12.8. The summed E-state index contributed by atoms with van der Waals surface area (Å²) in [6.45, 7) is 11.5. The standard InChI is InChI=1S/C25H36O6/c1-14(26)29-22-20(28)13-18-21-17(8-10-25(18,22)6)24(5)9-7-16(30-31-23(2,3)4)11-15(24)12-19(21)27/h7,9,11,16-19,21-22,27H,8,10,12-13H2,1-6H3/t16-,17?,18?,19-,21?,22?,24-,25-/m0/s1. The number of ketones is 1. The first-order valence-corrected chi connectivity index (χ1v) is 11.5. The Bertz CT molecular complexity index is 822. The topological polar surface area (TPSA) is 82.1 Å². The van der Waals surface area contributed by atoms with Crippen LogP contribution in [0.1, 0.15) is 67.2 Å². The largest absolute Gasteiger partial charge is 0.454 e. The fraction of sp³-hybridized carbons (Fsp3) is 0.760. The Labute approximate surface area is 184 Å². The molecule has 3 fully saturated rings. The maximum Gasteiger partial charge on any atom is 0.303 e. The summed E-state index contributed by atoms with van der Waals surface area (Å²) in [5.41, 5.74) is 0.185. The lowest BCUT2D eigenvalue weighted by Gasteiger charge is -2.58. The van der Waals surface area contributed by atoms with Crippen LogP contribution < -0.4 is 0 Å². The molecule has 0 aromatic heterocycles. The Balaban J connectivity index is 1.59. The van der Waals surface area contributed by atoms with Crippen LogP contribution in [0.2, 0.25) is 0 Å². The highest BCUT2D eigenvalue weighted by Gasteiger charge is 2.64. The highest BCUT2D eigenvalue weighted by Crippen LogP contribution is 2.64. The number of aliphatic hydroxyl groups is 1. The number of aliphatic hydroxyl groups excluding tert-OH is 1. The summed E-state index contributed by atoms with van der Waals surface area (Å²) in [7, 11) is 0. The molecule has 0 spiro atoms. The number of rotatable bonds is 3. The van der Waals surface area contributed by atoms with Crippen LogP contribution in [0.5, 0.6) is 0 Å². The number of allylic oxidation sites excluding steroid dienone is 1. The molecule has 4 unspecified atom stereocenters. The fourth-order valence-electron chi connectivity index (χ4n) is 6.66. The summed E-state index contributed by atoms with van der Waals surface area (Å²) in [5, 5.41) is 11.3. The van der Waals surface area contributed by atoms with Crippen LogP contribution in [0.25, 0.3) is 0 Å². The molecular formula is C25H36O6. The van der Waals surface area contributed by atoms with E-state index in [0.29, 0.717) is 12.8 Å². The van der Waals surface area contributed by atoms with Crippen molar-refractivity contribution in [2.45, 2.75) is 91.1 Å². The molecule has 0 aliphatic heterocycles. The van der Waals surface area contributed by atoms with Crippen LogP contribution in [-0.2, 0) is 24.1 Å². The molecule has 0 bridgehead atoms. The van der Waals surface area contributed by atoms with Gasteiger partial charge in [0.15, 0.2) is 11.9 Å². The third-order valence-corrected chi connectivity index (χ3v) is 8.11. The van der Waals surface area contributed by atoms with Crippen LogP contribution in [0.4, 0.5) is 0 Å². The Morgan fingerprint density at radius 1 is 1.19 bits per heavy atom. The molecule has 4 aliphatic rings. The molecule has 172 valence electrons. The summed E-state index contributed by atoms with van der Waals surface area (Å²) in [6.07, 6.45) is 7.44. The van der Waals surface area contributed by atoms with Gasteiger partial charge in [0.1, 0.15) is 6.10 Å². The van der Waals surface area contributed by atoms with E-state index in [1.165, 1.54) is 12.5 Å². The third-order valence-electron chi connectivity index (χ3n) is 8.11. The van der Waals surface area contributed by atoms with E-state index in [4.69, 9.17) is 14.5 Å². The zero-order valence-electron chi connectivity index (χ0n) is 19.5. The number of carbonyl (C=O) groups excluding carboxylic acids is 2. The first kappa shape index (κ1) is 22.7. The normalized spacial score (nSPS) is 44.2. The van der Waals surface area contributed by atoms with Gasteiger partial charge < -0.3 is 9.84 Å². The van der Waals surface area contributed by atoms with Crippen molar-refractivity contribution in [2.24, 2.45) is 28.6 Å². The number of ether oxygens (including phenoxy) is 1. The maximum atomic E-state index is 12.8. The zero-order valence-corrected chi connectivity index (χ0v) is 19.5. The van der Waals surface area contributed by atoms with Crippen molar-refractivity contribution in [3.05, 3.63) is 23.8 Å². The number of Topliss-reactive ketones (excluding diaryl/α,β-unsaturated/α-hetero) is 1. The van der Waals surface area contributed by atoms with Gasteiger partial charge >= 0.3 is 5.97 Å². The van der Waals surface area contributed by atoms with E-state index in [-0.39, 0.29) is 35.1 Å². The Morgan fingerprint density at radius 3 is 2.55 bits per heavy atom. The predicted octanol–water partition coefficient (Wildman–Crippen LogP) is 3.92. The molecule has 0 saturated heterocycles. The van der Waals surface area contributed by atoms with Gasteiger partial charge in [0.25, 0.3) is 0 Å². The van der Waals surface area contributed by atoms with Gasteiger partial charge in [-0.05, 0) is 63.9 Å². The van der Waals surface area contributed by atoms with E-state index >= 15 is 0 Å². The Kier molecular flexibility index (Phi) is 5.51.